The monoisotopic (exact) mass is 399 g/mol. The molecule has 0 bridgehead atoms. The molecule has 3 heterocycles. The van der Waals surface area contributed by atoms with E-state index in [-0.39, 0.29) is 12.3 Å². The first-order valence-corrected chi connectivity index (χ1v) is 9.71. The summed E-state index contributed by atoms with van der Waals surface area (Å²) in [5, 5.41) is 5.27. The number of halogens is 1. The number of nitrogens with zero attached hydrogens (tertiary/aromatic N) is 5. The number of aryl methyl sites for hydroxylation is 2. The van der Waals surface area contributed by atoms with Crippen LogP contribution in [0.25, 0.3) is 5.78 Å². The normalized spacial score (nSPS) is 14.6. The van der Waals surface area contributed by atoms with Crippen molar-refractivity contribution in [2.45, 2.75) is 26.7 Å². The minimum absolute atomic E-state index is 0.0231. The molecule has 8 heteroatoms. The Balaban J connectivity index is 1.59. The van der Waals surface area contributed by atoms with E-state index >= 15 is 0 Å². The number of hydrogen-bond acceptors (Lipinski definition) is 5. The molecule has 2 aromatic heterocycles. The molecule has 1 saturated heterocycles. The molecule has 0 spiro atoms. The van der Waals surface area contributed by atoms with E-state index in [0.29, 0.717) is 37.9 Å². The van der Waals surface area contributed by atoms with Crippen molar-refractivity contribution in [2.75, 3.05) is 26.3 Å². The first-order valence-electron chi connectivity index (χ1n) is 9.33. The topological polar surface area (TPSA) is 72.6 Å². The fraction of sp³-hybridized carbons (Fsp3) is 0.400. The van der Waals surface area contributed by atoms with Crippen LogP contribution in [-0.2, 0) is 22.4 Å². The lowest BCUT2D eigenvalue weighted by Crippen LogP contribution is -2.41. The van der Waals surface area contributed by atoms with Gasteiger partial charge in [-0.25, -0.2) is 9.50 Å². The van der Waals surface area contributed by atoms with Gasteiger partial charge in [-0.2, -0.15) is 4.98 Å². The number of morpholine rings is 1. The highest BCUT2D eigenvalue weighted by Crippen LogP contribution is 2.19. The van der Waals surface area contributed by atoms with Gasteiger partial charge < -0.3 is 9.64 Å². The van der Waals surface area contributed by atoms with Crippen molar-refractivity contribution >= 4 is 23.3 Å². The highest BCUT2D eigenvalue weighted by molar-refractivity contribution is 6.30. The Bertz CT molecular complexity index is 1010. The number of hydrogen-bond donors (Lipinski definition) is 0. The quantitative estimate of drug-likeness (QED) is 0.673. The van der Waals surface area contributed by atoms with Crippen LogP contribution in [-0.4, -0.2) is 56.7 Å². The average Bonchev–Trinajstić information content (AvgIpc) is 3.09. The second-order valence-corrected chi connectivity index (χ2v) is 7.41. The lowest BCUT2D eigenvalue weighted by Gasteiger charge is -2.26. The van der Waals surface area contributed by atoms with Crippen LogP contribution < -0.4 is 0 Å². The van der Waals surface area contributed by atoms with E-state index in [0.717, 1.165) is 34.0 Å². The minimum atomic E-state index is 0.0231. The third-order valence-corrected chi connectivity index (χ3v) is 5.31. The second-order valence-electron chi connectivity index (χ2n) is 6.97. The van der Waals surface area contributed by atoms with E-state index in [4.69, 9.17) is 16.3 Å². The molecule has 0 saturated carbocycles. The summed E-state index contributed by atoms with van der Waals surface area (Å²) in [5.41, 5.74) is 4.15. The average molecular weight is 400 g/mol. The molecular formula is C20H22ClN5O2. The summed E-state index contributed by atoms with van der Waals surface area (Å²) in [4.78, 5) is 23.4. The molecule has 1 aromatic carbocycles. The minimum Gasteiger partial charge on any atom is -0.378 e. The molecule has 0 unspecified atom stereocenters. The first kappa shape index (κ1) is 18.8. The largest absolute Gasteiger partial charge is 0.378 e. The molecule has 0 N–H and O–H groups in total. The first-order chi connectivity index (χ1) is 13.5. The van der Waals surface area contributed by atoms with Gasteiger partial charge >= 0.3 is 0 Å². The summed E-state index contributed by atoms with van der Waals surface area (Å²) in [6, 6.07) is 7.80. The van der Waals surface area contributed by atoms with Gasteiger partial charge in [0.15, 0.2) is 5.82 Å². The Hall–Kier alpha value is -2.51. The summed E-state index contributed by atoms with van der Waals surface area (Å²) >= 11 is 5.98. The molecule has 0 atom stereocenters. The molecular weight excluding hydrogens is 378 g/mol. The van der Waals surface area contributed by atoms with Crippen LogP contribution in [0.4, 0.5) is 0 Å². The van der Waals surface area contributed by atoms with Crippen LogP contribution in [0, 0.1) is 13.8 Å². The Kier molecular flexibility index (Phi) is 5.28. The Morgan fingerprint density at radius 3 is 2.57 bits per heavy atom. The zero-order valence-corrected chi connectivity index (χ0v) is 16.7. The maximum atomic E-state index is 12.5. The number of fused-ring (bicyclic) bond motifs is 1. The predicted molar refractivity (Wildman–Crippen MR) is 106 cm³/mol. The molecule has 0 aliphatic carbocycles. The van der Waals surface area contributed by atoms with Gasteiger partial charge in [0.25, 0.3) is 5.78 Å². The number of benzene rings is 1. The number of aromatic nitrogens is 4. The van der Waals surface area contributed by atoms with Crippen LogP contribution in [0.3, 0.4) is 0 Å². The summed E-state index contributed by atoms with van der Waals surface area (Å²) < 4.78 is 7.04. The molecule has 1 fully saturated rings. The van der Waals surface area contributed by atoms with E-state index in [1.807, 2.05) is 38.1 Å². The second kappa shape index (κ2) is 7.85. The maximum Gasteiger partial charge on any atom is 0.252 e. The smallest absolute Gasteiger partial charge is 0.252 e. The highest BCUT2D eigenvalue weighted by atomic mass is 35.5. The molecule has 146 valence electrons. The number of amides is 1. The molecule has 7 nitrogen and oxygen atoms in total. The van der Waals surface area contributed by atoms with Gasteiger partial charge in [-0.05, 0) is 37.1 Å². The van der Waals surface area contributed by atoms with Crippen molar-refractivity contribution in [1.82, 2.24) is 24.5 Å². The van der Waals surface area contributed by atoms with Crippen molar-refractivity contribution in [1.29, 1.82) is 0 Å². The number of ether oxygens (including phenoxy) is 1. The highest BCUT2D eigenvalue weighted by Gasteiger charge is 2.20. The predicted octanol–water partition coefficient (Wildman–Crippen LogP) is 2.39. The summed E-state index contributed by atoms with van der Waals surface area (Å²) in [6.07, 6.45) is 0.911. The van der Waals surface area contributed by atoms with Crippen molar-refractivity contribution in [3.05, 3.63) is 57.6 Å². The third-order valence-electron chi connectivity index (χ3n) is 5.06. The molecule has 4 rings (SSSR count). The van der Waals surface area contributed by atoms with Gasteiger partial charge in [-0.15, -0.1) is 5.10 Å². The summed E-state index contributed by atoms with van der Waals surface area (Å²) in [5.74, 6) is 1.05. The fourth-order valence-corrected chi connectivity index (χ4v) is 3.57. The zero-order chi connectivity index (χ0) is 19.7. The van der Waals surface area contributed by atoms with Gasteiger partial charge in [-0.1, -0.05) is 23.7 Å². The van der Waals surface area contributed by atoms with Crippen LogP contribution in [0.2, 0.25) is 5.02 Å². The van der Waals surface area contributed by atoms with Crippen molar-refractivity contribution in [2.24, 2.45) is 0 Å². The molecule has 3 aromatic rings. The maximum absolute atomic E-state index is 12.5. The third kappa shape index (κ3) is 3.86. The van der Waals surface area contributed by atoms with E-state index in [9.17, 15) is 4.79 Å². The van der Waals surface area contributed by atoms with E-state index in [2.05, 4.69) is 15.1 Å². The Morgan fingerprint density at radius 1 is 1.14 bits per heavy atom. The molecule has 1 aliphatic rings. The standard InChI is InChI=1S/C20H22ClN5O2/c1-13-17(11-15-3-5-16(21)6-4-15)14(2)26-20(22-13)23-18(24-26)12-19(27)25-7-9-28-10-8-25/h3-6H,7-12H2,1-2H3. The number of rotatable bonds is 4. The van der Waals surface area contributed by atoms with E-state index < -0.39 is 0 Å². The van der Waals surface area contributed by atoms with Gasteiger partial charge in [0.2, 0.25) is 5.91 Å². The lowest BCUT2D eigenvalue weighted by molar-refractivity contribution is -0.134. The lowest BCUT2D eigenvalue weighted by atomic mass is 10.0. The fourth-order valence-electron chi connectivity index (χ4n) is 3.45. The van der Waals surface area contributed by atoms with Crippen molar-refractivity contribution in [3.63, 3.8) is 0 Å². The molecule has 0 radical (unpaired) electrons. The number of carbonyl (C=O) groups is 1. The zero-order valence-electron chi connectivity index (χ0n) is 16.0. The van der Waals surface area contributed by atoms with Crippen LogP contribution in [0.1, 0.15) is 28.3 Å². The van der Waals surface area contributed by atoms with Gasteiger partial charge in [-0.3, -0.25) is 4.79 Å². The molecule has 1 aliphatic heterocycles. The Labute approximate surface area is 168 Å². The van der Waals surface area contributed by atoms with Gasteiger partial charge in [0.1, 0.15) is 0 Å². The number of carbonyl (C=O) groups excluding carboxylic acids is 1. The van der Waals surface area contributed by atoms with Crippen molar-refractivity contribution in [3.8, 4) is 0 Å². The molecule has 1 amide bonds. The van der Waals surface area contributed by atoms with Crippen LogP contribution >= 0.6 is 11.6 Å². The molecule has 28 heavy (non-hydrogen) atoms. The van der Waals surface area contributed by atoms with E-state index in [1.165, 1.54) is 0 Å². The van der Waals surface area contributed by atoms with Gasteiger partial charge in [0.05, 0.1) is 19.6 Å². The summed E-state index contributed by atoms with van der Waals surface area (Å²) in [7, 11) is 0. The van der Waals surface area contributed by atoms with E-state index in [1.54, 1.807) is 9.42 Å². The van der Waals surface area contributed by atoms with Crippen molar-refractivity contribution < 1.29 is 9.53 Å². The van der Waals surface area contributed by atoms with Crippen LogP contribution in [0.15, 0.2) is 24.3 Å². The Morgan fingerprint density at radius 2 is 1.86 bits per heavy atom. The van der Waals surface area contributed by atoms with Crippen LogP contribution in [0.5, 0.6) is 0 Å². The SMILES string of the molecule is Cc1nc2nc(CC(=O)N3CCOCC3)nn2c(C)c1Cc1ccc(Cl)cc1. The van der Waals surface area contributed by atoms with Gasteiger partial charge in [0, 0.05) is 35.9 Å². The summed E-state index contributed by atoms with van der Waals surface area (Å²) in [6.45, 7) is 6.39.